The van der Waals surface area contributed by atoms with E-state index in [0.717, 1.165) is 17.5 Å². The van der Waals surface area contributed by atoms with Gasteiger partial charge in [-0.15, -0.1) is 0 Å². The zero-order valence-corrected chi connectivity index (χ0v) is 19.6. The normalized spacial score (nSPS) is 16.3. The van der Waals surface area contributed by atoms with Gasteiger partial charge in [-0.25, -0.2) is 0 Å². The van der Waals surface area contributed by atoms with Crippen LogP contribution >= 0.6 is 0 Å². The molecule has 8 nitrogen and oxygen atoms in total. The van der Waals surface area contributed by atoms with Crippen molar-refractivity contribution in [3.8, 4) is 28.4 Å². The number of ketones is 1. The van der Waals surface area contributed by atoms with E-state index in [4.69, 9.17) is 18.9 Å². The van der Waals surface area contributed by atoms with Crippen LogP contribution in [0.1, 0.15) is 55.5 Å². The molecule has 182 valence electrons. The van der Waals surface area contributed by atoms with Crippen LogP contribution in [0.15, 0.2) is 30.3 Å². The molecule has 0 aromatic heterocycles. The van der Waals surface area contributed by atoms with Crippen molar-refractivity contribution in [2.75, 3.05) is 13.7 Å². The van der Waals surface area contributed by atoms with Crippen LogP contribution in [0.3, 0.4) is 0 Å². The highest BCUT2D eigenvalue weighted by Crippen LogP contribution is 2.49. The smallest absolute Gasteiger partial charge is 0.315 e. The first-order valence-corrected chi connectivity index (χ1v) is 11.5. The van der Waals surface area contributed by atoms with Gasteiger partial charge >= 0.3 is 12.4 Å². The molecule has 2 N–H and O–H groups in total. The second kappa shape index (κ2) is 9.64. The van der Waals surface area contributed by atoms with E-state index in [1.54, 1.807) is 38.1 Å². The number of fused-ring (bicyclic) bond motifs is 1. The van der Waals surface area contributed by atoms with E-state index < -0.39 is 11.9 Å². The Morgan fingerprint density at radius 2 is 1.76 bits per heavy atom. The number of esters is 1. The Balaban J connectivity index is 1.78. The van der Waals surface area contributed by atoms with Crippen molar-refractivity contribution >= 4 is 11.8 Å². The number of methoxy groups -OCH3 is 1. The van der Waals surface area contributed by atoms with Gasteiger partial charge < -0.3 is 29.2 Å². The van der Waals surface area contributed by atoms with Crippen molar-refractivity contribution in [3.63, 3.8) is 0 Å². The van der Waals surface area contributed by atoms with Crippen molar-refractivity contribution < 1.29 is 38.7 Å². The highest BCUT2D eigenvalue weighted by molar-refractivity contribution is 6.02. The van der Waals surface area contributed by atoms with E-state index in [1.807, 2.05) is 6.07 Å². The zero-order valence-electron chi connectivity index (χ0n) is 19.6. The summed E-state index contributed by atoms with van der Waals surface area (Å²) in [5.41, 5.74) is 2.17. The second-order valence-electron chi connectivity index (χ2n) is 9.05. The molecule has 1 saturated carbocycles. The predicted molar refractivity (Wildman–Crippen MR) is 123 cm³/mol. The SMILES string of the molecule is COc1ccc(-c2cccc3c2CCC3=O)c(OCC2(C(=O)OC(C)C)CCC2)c1OC(O)O. The van der Waals surface area contributed by atoms with E-state index in [2.05, 4.69) is 0 Å². The average Bonchev–Trinajstić information content (AvgIpc) is 3.14. The Morgan fingerprint density at radius 3 is 2.38 bits per heavy atom. The molecule has 2 aliphatic rings. The molecule has 0 spiro atoms. The molecular formula is C26H30O8. The summed E-state index contributed by atoms with van der Waals surface area (Å²) in [6.45, 7) is 1.52. The van der Waals surface area contributed by atoms with Gasteiger partial charge in [-0.3, -0.25) is 9.59 Å². The fraction of sp³-hybridized carbons (Fsp3) is 0.462. The summed E-state index contributed by atoms with van der Waals surface area (Å²) in [6, 6.07) is 8.92. The van der Waals surface area contributed by atoms with Crippen molar-refractivity contribution in [3.05, 3.63) is 41.5 Å². The molecule has 0 unspecified atom stereocenters. The van der Waals surface area contributed by atoms with E-state index in [1.165, 1.54) is 7.11 Å². The van der Waals surface area contributed by atoms with Gasteiger partial charge in [0.15, 0.2) is 17.3 Å². The van der Waals surface area contributed by atoms with E-state index in [0.29, 0.717) is 36.8 Å². The molecule has 34 heavy (non-hydrogen) atoms. The Hall–Kier alpha value is -3.10. The second-order valence-corrected chi connectivity index (χ2v) is 9.05. The van der Waals surface area contributed by atoms with Crippen LogP contribution in [-0.4, -0.2) is 48.3 Å². The van der Waals surface area contributed by atoms with E-state index in [-0.39, 0.29) is 41.7 Å². The highest BCUT2D eigenvalue weighted by Gasteiger charge is 2.47. The molecule has 0 radical (unpaired) electrons. The number of aliphatic hydroxyl groups excluding tert-OH is 1. The van der Waals surface area contributed by atoms with Crippen LogP contribution in [0.25, 0.3) is 11.1 Å². The summed E-state index contributed by atoms with van der Waals surface area (Å²) >= 11 is 0. The zero-order chi connectivity index (χ0) is 24.5. The lowest BCUT2D eigenvalue weighted by molar-refractivity contribution is -0.181. The van der Waals surface area contributed by atoms with Crippen LogP contribution in [0.2, 0.25) is 0 Å². The molecule has 0 saturated heterocycles. The monoisotopic (exact) mass is 470 g/mol. The number of benzene rings is 2. The Labute approximate surface area is 198 Å². The number of aliphatic hydroxyl groups is 2. The summed E-state index contributed by atoms with van der Waals surface area (Å²) in [5, 5.41) is 19.2. The minimum absolute atomic E-state index is 0.00336. The van der Waals surface area contributed by atoms with Gasteiger partial charge in [-0.2, -0.15) is 0 Å². The van der Waals surface area contributed by atoms with Crippen LogP contribution in [0.5, 0.6) is 17.2 Å². The summed E-state index contributed by atoms with van der Waals surface area (Å²) in [7, 11) is 1.43. The summed E-state index contributed by atoms with van der Waals surface area (Å²) in [6.07, 6.45) is 2.93. The number of carbonyl (C=O) groups is 2. The minimum Gasteiger partial charge on any atom is -0.493 e. The molecule has 0 heterocycles. The lowest BCUT2D eigenvalue weighted by Gasteiger charge is -2.39. The molecular weight excluding hydrogens is 440 g/mol. The minimum atomic E-state index is -2.11. The van der Waals surface area contributed by atoms with Crippen LogP contribution in [0, 0.1) is 5.41 Å². The van der Waals surface area contributed by atoms with Gasteiger partial charge in [0.25, 0.3) is 0 Å². The number of hydrogen-bond acceptors (Lipinski definition) is 8. The van der Waals surface area contributed by atoms with Gasteiger partial charge in [-0.1, -0.05) is 24.6 Å². The average molecular weight is 471 g/mol. The predicted octanol–water partition coefficient (Wildman–Crippen LogP) is 3.64. The fourth-order valence-electron chi connectivity index (χ4n) is 4.58. The molecule has 0 atom stereocenters. The lowest BCUT2D eigenvalue weighted by Crippen LogP contribution is -2.45. The van der Waals surface area contributed by atoms with Gasteiger partial charge in [0.1, 0.15) is 12.0 Å². The van der Waals surface area contributed by atoms with Crippen molar-refractivity contribution in [1.29, 1.82) is 0 Å². The van der Waals surface area contributed by atoms with Gasteiger partial charge in [0, 0.05) is 17.5 Å². The fourth-order valence-corrected chi connectivity index (χ4v) is 4.58. The Bertz CT molecular complexity index is 1080. The maximum atomic E-state index is 12.8. The van der Waals surface area contributed by atoms with Crippen molar-refractivity contribution in [2.24, 2.45) is 5.41 Å². The van der Waals surface area contributed by atoms with E-state index >= 15 is 0 Å². The molecule has 0 amide bonds. The number of hydrogen-bond donors (Lipinski definition) is 2. The quantitative estimate of drug-likeness (QED) is 0.422. The van der Waals surface area contributed by atoms with Gasteiger partial charge in [0.2, 0.25) is 5.75 Å². The third-order valence-corrected chi connectivity index (χ3v) is 6.47. The Kier molecular flexibility index (Phi) is 6.81. The maximum Gasteiger partial charge on any atom is 0.315 e. The molecule has 2 aromatic rings. The first kappa shape index (κ1) is 24.0. The molecule has 4 rings (SSSR count). The number of rotatable bonds is 9. The van der Waals surface area contributed by atoms with Gasteiger partial charge in [-0.05, 0) is 56.4 Å². The summed E-state index contributed by atoms with van der Waals surface area (Å²) in [4.78, 5) is 25.2. The molecule has 2 aromatic carbocycles. The summed E-state index contributed by atoms with van der Waals surface area (Å²) in [5.74, 6) is 0.226. The topological polar surface area (TPSA) is 112 Å². The third-order valence-electron chi connectivity index (χ3n) is 6.47. The number of ether oxygens (including phenoxy) is 4. The highest BCUT2D eigenvalue weighted by atomic mass is 16.7. The first-order valence-electron chi connectivity index (χ1n) is 11.5. The van der Waals surface area contributed by atoms with Crippen LogP contribution in [-0.2, 0) is 16.0 Å². The first-order chi connectivity index (χ1) is 16.3. The molecule has 0 bridgehead atoms. The van der Waals surface area contributed by atoms with E-state index in [9.17, 15) is 19.8 Å². The number of carbonyl (C=O) groups excluding carboxylic acids is 2. The van der Waals surface area contributed by atoms with Crippen molar-refractivity contribution in [2.45, 2.75) is 58.5 Å². The standard InChI is InChI=1S/C26H30O8/c1-15(2)33-24(28)26(12-5-13-26)14-32-22-19(9-11-21(31-3)23(22)34-25(29)30)16-6-4-7-18-17(16)8-10-20(18)27/h4,6-7,9,11,15,25,29-30H,5,8,10,12-14H2,1-3H3. The van der Waals surface area contributed by atoms with Gasteiger partial charge in [0.05, 0.1) is 13.2 Å². The molecule has 2 aliphatic carbocycles. The maximum absolute atomic E-state index is 12.8. The van der Waals surface area contributed by atoms with Crippen LogP contribution in [0.4, 0.5) is 0 Å². The summed E-state index contributed by atoms with van der Waals surface area (Å²) < 4.78 is 22.4. The molecule has 8 heteroatoms. The van der Waals surface area contributed by atoms with Crippen molar-refractivity contribution in [1.82, 2.24) is 0 Å². The Morgan fingerprint density at radius 1 is 1.03 bits per heavy atom. The third kappa shape index (κ3) is 4.48. The molecule has 1 fully saturated rings. The largest absolute Gasteiger partial charge is 0.493 e. The molecule has 0 aliphatic heterocycles. The lowest BCUT2D eigenvalue weighted by atomic mass is 9.69. The van der Waals surface area contributed by atoms with Crippen LogP contribution < -0.4 is 14.2 Å². The number of Topliss-reactive ketones (excluding diaryl/α,β-unsaturated/α-hetero) is 1.